The highest BCUT2D eigenvalue weighted by atomic mass is 35.5. The van der Waals surface area contributed by atoms with Gasteiger partial charge in [-0.25, -0.2) is 0 Å². The van der Waals surface area contributed by atoms with Gasteiger partial charge in [0.1, 0.15) is 0 Å². The number of thiophene rings is 2. The summed E-state index contributed by atoms with van der Waals surface area (Å²) in [5, 5.41) is 15.1. The molecule has 0 aromatic carbocycles. The molecule has 2 heterocycles. The van der Waals surface area contributed by atoms with Crippen LogP contribution in [-0.4, -0.2) is 26.7 Å². The predicted octanol–water partition coefficient (Wildman–Crippen LogP) is 5.11. The fraction of sp³-hybridized carbons (Fsp3) is 0.471. The SMILES string of the molecule is CCCC[C@H](N)CSC(O)=[N+](Cc1cccs1)Cc1cccs1.Cl. The third-order valence-corrected chi connectivity index (χ3v) is 6.31. The van der Waals surface area contributed by atoms with Gasteiger partial charge in [-0.15, -0.1) is 35.1 Å². The lowest BCUT2D eigenvalue weighted by atomic mass is 10.2. The van der Waals surface area contributed by atoms with Crippen molar-refractivity contribution >= 4 is 52.1 Å². The van der Waals surface area contributed by atoms with Crippen LogP contribution in [0.2, 0.25) is 0 Å². The molecule has 0 aliphatic heterocycles. The van der Waals surface area contributed by atoms with E-state index in [2.05, 4.69) is 29.8 Å². The van der Waals surface area contributed by atoms with Crippen LogP contribution >= 0.6 is 46.8 Å². The zero-order chi connectivity index (χ0) is 16.5. The average Bonchev–Trinajstić information content (AvgIpc) is 3.23. The van der Waals surface area contributed by atoms with Crippen LogP contribution in [0.4, 0.5) is 0 Å². The topological polar surface area (TPSA) is 49.3 Å². The molecule has 0 spiro atoms. The number of thioether (sulfide) groups is 1. The Hall–Kier alpha value is -0.530. The highest BCUT2D eigenvalue weighted by Crippen LogP contribution is 2.17. The Kier molecular flexibility index (Phi) is 10.7. The molecule has 0 aliphatic carbocycles. The smallest absolute Gasteiger partial charge is 0.398 e. The largest absolute Gasteiger partial charge is 0.455 e. The standard InChI is InChI=1S/C17H24N2OS3.ClH/c1-2-3-6-14(18)13-23-17(20)19(11-15-7-4-9-21-15)12-16-8-5-10-22-16;/h4-5,7-10,14H,2-3,6,11-13,18H2,1H3;1H/p+1/t14-;/m0./s1. The van der Waals surface area contributed by atoms with Gasteiger partial charge < -0.3 is 10.8 Å². The number of unbranched alkanes of at least 4 members (excludes halogenated alkanes) is 1. The van der Waals surface area contributed by atoms with Gasteiger partial charge in [0.2, 0.25) is 0 Å². The number of halogens is 1. The summed E-state index contributed by atoms with van der Waals surface area (Å²) in [4.78, 5) is 2.51. The first-order valence-corrected chi connectivity index (χ1v) is 10.7. The molecule has 0 aliphatic rings. The number of rotatable bonds is 9. The summed E-state index contributed by atoms with van der Waals surface area (Å²) in [6.45, 7) is 3.64. The van der Waals surface area contributed by atoms with Crippen LogP contribution in [0.1, 0.15) is 35.9 Å². The van der Waals surface area contributed by atoms with Gasteiger partial charge in [-0.1, -0.05) is 31.9 Å². The van der Waals surface area contributed by atoms with Crippen LogP contribution in [0.3, 0.4) is 0 Å². The van der Waals surface area contributed by atoms with Gasteiger partial charge in [0, 0.05) is 11.8 Å². The first-order chi connectivity index (χ1) is 11.2. The Labute approximate surface area is 163 Å². The second kappa shape index (κ2) is 11.9. The van der Waals surface area contributed by atoms with E-state index in [9.17, 15) is 5.11 Å². The van der Waals surface area contributed by atoms with Gasteiger partial charge in [-0.05, 0) is 41.1 Å². The summed E-state index contributed by atoms with van der Waals surface area (Å²) in [5.74, 6) is 0.761. The molecule has 134 valence electrons. The molecule has 0 saturated carbocycles. The Balaban J connectivity index is 0.00000288. The number of hydrogen-bond donors (Lipinski definition) is 2. The fourth-order valence-corrected chi connectivity index (χ4v) is 4.48. The Bertz CT molecular complexity index is 547. The quantitative estimate of drug-likeness (QED) is 0.346. The molecule has 7 heteroatoms. The summed E-state index contributed by atoms with van der Waals surface area (Å²) in [7, 11) is 0. The molecule has 2 aromatic rings. The minimum atomic E-state index is 0. The maximum atomic E-state index is 10.5. The average molecular weight is 406 g/mol. The molecule has 0 bridgehead atoms. The van der Waals surface area contributed by atoms with Crippen LogP contribution in [0.25, 0.3) is 0 Å². The summed E-state index contributed by atoms with van der Waals surface area (Å²) >= 11 is 4.91. The van der Waals surface area contributed by atoms with E-state index in [1.807, 2.05) is 16.7 Å². The lowest BCUT2D eigenvalue weighted by Crippen LogP contribution is -2.25. The fourth-order valence-electron chi connectivity index (χ4n) is 2.19. The van der Waals surface area contributed by atoms with Gasteiger partial charge in [0.15, 0.2) is 13.1 Å². The monoisotopic (exact) mass is 405 g/mol. The van der Waals surface area contributed by atoms with Gasteiger partial charge in [0.05, 0.1) is 9.75 Å². The molecule has 3 N–H and O–H groups in total. The van der Waals surface area contributed by atoms with Crippen molar-refractivity contribution in [2.24, 2.45) is 5.73 Å². The molecular formula is C17H26ClN2OS3+. The van der Waals surface area contributed by atoms with Crippen molar-refractivity contribution in [1.82, 2.24) is 0 Å². The predicted molar refractivity (Wildman–Crippen MR) is 111 cm³/mol. The van der Waals surface area contributed by atoms with E-state index in [0.717, 1.165) is 38.1 Å². The summed E-state index contributed by atoms with van der Waals surface area (Å²) < 4.78 is 2.04. The van der Waals surface area contributed by atoms with Crippen LogP contribution in [-0.2, 0) is 13.1 Å². The zero-order valence-corrected chi connectivity index (χ0v) is 17.2. The van der Waals surface area contributed by atoms with E-state index in [0.29, 0.717) is 5.23 Å². The molecule has 2 aromatic heterocycles. The second-order valence-electron chi connectivity index (χ2n) is 5.51. The lowest BCUT2D eigenvalue weighted by Gasteiger charge is -2.09. The Morgan fingerprint density at radius 2 is 1.79 bits per heavy atom. The summed E-state index contributed by atoms with van der Waals surface area (Å²) in [6.07, 6.45) is 3.33. The van der Waals surface area contributed by atoms with Crippen molar-refractivity contribution in [1.29, 1.82) is 0 Å². The number of hydrogen-bond acceptors (Lipinski definition) is 4. The van der Waals surface area contributed by atoms with Crippen LogP contribution in [0, 0.1) is 0 Å². The minimum Gasteiger partial charge on any atom is -0.455 e. The molecule has 3 nitrogen and oxygen atoms in total. The second-order valence-corrected chi connectivity index (χ2v) is 8.56. The third-order valence-electron chi connectivity index (χ3n) is 3.48. The molecule has 0 radical (unpaired) electrons. The molecule has 0 unspecified atom stereocenters. The van der Waals surface area contributed by atoms with Crippen molar-refractivity contribution in [3.8, 4) is 0 Å². The van der Waals surface area contributed by atoms with Crippen molar-refractivity contribution in [3.63, 3.8) is 0 Å². The normalized spacial score (nSPS) is 11.8. The first-order valence-electron chi connectivity index (χ1n) is 7.93. The maximum Gasteiger partial charge on any atom is 0.398 e. The van der Waals surface area contributed by atoms with E-state index in [4.69, 9.17) is 5.73 Å². The van der Waals surface area contributed by atoms with Crippen molar-refractivity contribution in [3.05, 3.63) is 44.8 Å². The van der Waals surface area contributed by atoms with Crippen molar-refractivity contribution in [2.45, 2.75) is 45.3 Å². The third kappa shape index (κ3) is 7.57. The molecule has 24 heavy (non-hydrogen) atoms. The van der Waals surface area contributed by atoms with E-state index in [1.165, 1.54) is 21.5 Å². The molecule has 1 atom stereocenters. The number of aliphatic hydroxyl groups is 1. The maximum absolute atomic E-state index is 10.5. The Morgan fingerprint density at radius 1 is 1.21 bits per heavy atom. The van der Waals surface area contributed by atoms with Crippen molar-refractivity contribution in [2.75, 3.05) is 5.75 Å². The molecule has 0 fully saturated rings. The summed E-state index contributed by atoms with van der Waals surface area (Å²) in [5.41, 5.74) is 6.12. The van der Waals surface area contributed by atoms with Crippen LogP contribution in [0.5, 0.6) is 0 Å². The van der Waals surface area contributed by atoms with E-state index in [1.54, 1.807) is 22.7 Å². The zero-order valence-electron chi connectivity index (χ0n) is 13.9. The van der Waals surface area contributed by atoms with Crippen molar-refractivity contribution < 1.29 is 9.68 Å². The summed E-state index contributed by atoms with van der Waals surface area (Å²) in [6, 6.07) is 8.46. The van der Waals surface area contributed by atoms with Gasteiger partial charge in [-0.2, -0.15) is 4.58 Å². The highest BCUT2D eigenvalue weighted by Gasteiger charge is 2.18. The van der Waals surface area contributed by atoms with E-state index < -0.39 is 0 Å². The van der Waals surface area contributed by atoms with Crippen LogP contribution in [0.15, 0.2) is 35.0 Å². The minimum absolute atomic E-state index is 0. The van der Waals surface area contributed by atoms with E-state index >= 15 is 0 Å². The molecule has 2 rings (SSSR count). The van der Waals surface area contributed by atoms with Gasteiger partial charge in [-0.3, -0.25) is 0 Å². The highest BCUT2D eigenvalue weighted by molar-refractivity contribution is 8.13. The number of nitrogens with zero attached hydrogens (tertiary/aromatic N) is 1. The molecule has 0 saturated heterocycles. The molecular weight excluding hydrogens is 380 g/mol. The number of nitrogens with two attached hydrogens (primary N) is 1. The van der Waals surface area contributed by atoms with E-state index in [-0.39, 0.29) is 18.4 Å². The lowest BCUT2D eigenvalue weighted by molar-refractivity contribution is -0.562. The number of aliphatic hydroxyl groups excluding tert-OH is 1. The first kappa shape index (κ1) is 21.5. The van der Waals surface area contributed by atoms with Crippen LogP contribution < -0.4 is 5.73 Å². The van der Waals surface area contributed by atoms with Gasteiger partial charge in [0.25, 0.3) is 0 Å². The molecule has 0 amide bonds. The van der Waals surface area contributed by atoms with Gasteiger partial charge >= 0.3 is 5.23 Å². The Morgan fingerprint density at radius 3 is 2.25 bits per heavy atom.